The molecular weight excluding hydrogens is 294 g/mol. The summed E-state index contributed by atoms with van der Waals surface area (Å²) in [5, 5.41) is 3.74. The van der Waals surface area contributed by atoms with Gasteiger partial charge in [0.15, 0.2) is 0 Å². The highest BCUT2D eigenvalue weighted by Crippen LogP contribution is 2.21. The lowest BCUT2D eigenvalue weighted by atomic mass is 10.1. The van der Waals surface area contributed by atoms with E-state index in [1.807, 2.05) is 24.3 Å². The number of amides is 1. The number of carbonyl (C=O) groups is 2. The average molecular weight is 315 g/mol. The summed E-state index contributed by atoms with van der Waals surface area (Å²) in [6.07, 6.45) is 1.62. The Labute approximate surface area is 135 Å². The molecule has 1 N–H and O–H groups in total. The van der Waals surface area contributed by atoms with Gasteiger partial charge in [0.05, 0.1) is 24.3 Å². The summed E-state index contributed by atoms with van der Waals surface area (Å²) in [5.41, 5.74) is 1.30. The molecule has 6 nitrogen and oxygen atoms in total. The minimum atomic E-state index is -0.144. The Morgan fingerprint density at radius 3 is 2.70 bits per heavy atom. The maximum absolute atomic E-state index is 12.5. The van der Waals surface area contributed by atoms with Crippen molar-refractivity contribution in [1.29, 1.82) is 0 Å². The largest absolute Gasteiger partial charge is 0.379 e. The number of ether oxygens (including phenoxy) is 1. The Hall–Kier alpha value is -2.18. The molecule has 6 heteroatoms. The molecule has 1 amide bonds. The molecule has 0 bridgehead atoms. The van der Waals surface area contributed by atoms with Gasteiger partial charge in [-0.1, -0.05) is 18.2 Å². The molecule has 1 aromatic carbocycles. The van der Waals surface area contributed by atoms with Crippen molar-refractivity contribution in [2.75, 3.05) is 39.4 Å². The highest BCUT2D eigenvalue weighted by atomic mass is 16.5. The number of nitrogens with one attached hydrogen (secondary N) is 1. The first-order chi connectivity index (χ1) is 11.2. The summed E-state index contributed by atoms with van der Waals surface area (Å²) in [6.45, 7) is 6.19. The first kappa shape index (κ1) is 15.7. The van der Waals surface area contributed by atoms with Crippen LogP contribution in [0.15, 0.2) is 30.5 Å². The van der Waals surface area contributed by atoms with Gasteiger partial charge in [0, 0.05) is 44.7 Å². The van der Waals surface area contributed by atoms with Crippen LogP contribution in [0, 0.1) is 0 Å². The number of nitrogens with zero attached hydrogens (tertiary/aromatic N) is 2. The van der Waals surface area contributed by atoms with Crippen LogP contribution in [0.2, 0.25) is 0 Å². The fourth-order valence-electron chi connectivity index (χ4n) is 2.87. The number of morpholine rings is 1. The molecule has 0 radical (unpaired) electrons. The van der Waals surface area contributed by atoms with Crippen LogP contribution in [0.25, 0.3) is 10.9 Å². The van der Waals surface area contributed by atoms with Gasteiger partial charge in [0.2, 0.25) is 5.91 Å². The first-order valence-corrected chi connectivity index (χ1v) is 7.86. The lowest BCUT2D eigenvalue weighted by Crippen LogP contribution is -2.41. The van der Waals surface area contributed by atoms with E-state index in [1.54, 1.807) is 6.20 Å². The molecule has 1 aliphatic rings. The second kappa shape index (κ2) is 6.93. The van der Waals surface area contributed by atoms with Gasteiger partial charge in [-0.3, -0.25) is 19.1 Å². The van der Waals surface area contributed by atoms with Crippen molar-refractivity contribution in [2.24, 2.45) is 0 Å². The van der Waals surface area contributed by atoms with Gasteiger partial charge in [0.25, 0.3) is 5.91 Å². The third-order valence-electron chi connectivity index (χ3n) is 4.11. The van der Waals surface area contributed by atoms with Crippen molar-refractivity contribution < 1.29 is 14.3 Å². The number of fused-ring (bicyclic) bond motifs is 1. The highest BCUT2D eigenvalue weighted by molar-refractivity contribution is 6.09. The molecular formula is C17H21N3O3. The topological polar surface area (TPSA) is 63.6 Å². The molecule has 3 rings (SSSR count). The molecule has 0 unspecified atom stereocenters. The molecule has 0 spiro atoms. The zero-order chi connectivity index (χ0) is 16.2. The van der Waals surface area contributed by atoms with Crippen LogP contribution in [-0.2, 0) is 4.74 Å². The average Bonchev–Trinajstić information content (AvgIpc) is 2.96. The van der Waals surface area contributed by atoms with E-state index in [4.69, 9.17) is 4.74 Å². The van der Waals surface area contributed by atoms with Crippen molar-refractivity contribution in [3.05, 3.63) is 36.0 Å². The van der Waals surface area contributed by atoms with E-state index < -0.39 is 0 Å². The third kappa shape index (κ3) is 3.43. The summed E-state index contributed by atoms with van der Waals surface area (Å²) in [4.78, 5) is 26.5. The van der Waals surface area contributed by atoms with Crippen LogP contribution < -0.4 is 5.32 Å². The van der Waals surface area contributed by atoms with Crippen molar-refractivity contribution in [2.45, 2.75) is 6.92 Å². The van der Waals surface area contributed by atoms with E-state index in [0.717, 1.165) is 43.8 Å². The molecule has 122 valence electrons. The van der Waals surface area contributed by atoms with Gasteiger partial charge in [-0.2, -0.15) is 0 Å². The Balaban J connectivity index is 1.69. The number of hydrogen-bond donors (Lipinski definition) is 1. The molecule has 1 saturated heterocycles. The van der Waals surface area contributed by atoms with E-state index in [2.05, 4.69) is 10.2 Å². The number of hydrogen-bond acceptors (Lipinski definition) is 4. The second-order valence-corrected chi connectivity index (χ2v) is 5.66. The maximum Gasteiger partial charge on any atom is 0.253 e. The molecule has 1 aromatic heterocycles. The summed E-state index contributed by atoms with van der Waals surface area (Å²) < 4.78 is 6.83. The van der Waals surface area contributed by atoms with Gasteiger partial charge in [-0.25, -0.2) is 0 Å². The number of benzene rings is 1. The van der Waals surface area contributed by atoms with Crippen LogP contribution in [0.4, 0.5) is 0 Å². The van der Waals surface area contributed by atoms with Gasteiger partial charge in [-0.05, 0) is 6.07 Å². The number of carbonyl (C=O) groups excluding carboxylic acids is 2. The smallest absolute Gasteiger partial charge is 0.253 e. The van der Waals surface area contributed by atoms with Crippen LogP contribution >= 0.6 is 0 Å². The molecule has 0 aliphatic carbocycles. The van der Waals surface area contributed by atoms with E-state index in [9.17, 15) is 9.59 Å². The molecule has 0 saturated carbocycles. The molecule has 0 atom stereocenters. The van der Waals surface area contributed by atoms with Gasteiger partial charge in [-0.15, -0.1) is 0 Å². The summed E-state index contributed by atoms with van der Waals surface area (Å²) in [6, 6.07) is 7.45. The molecule has 1 aliphatic heterocycles. The molecule has 2 heterocycles. The molecule has 2 aromatic rings. The number of rotatable bonds is 4. The molecule has 23 heavy (non-hydrogen) atoms. The van der Waals surface area contributed by atoms with Gasteiger partial charge in [0.1, 0.15) is 0 Å². The maximum atomic E-state index is 12.5. The third-order valence-corrected chi connectivity index (χ3v) is 4.11. The van der Waals surface area contributed by atoms with Crippen LogP contribution in [0.3, 0.4) is 0 Å². The SMILES string of the molecule is CC(=O)n1cc(C(=O)NCCN2CCOCC2)c2ccccc21. The van der Waals surface area contributed by atoms with E-state index in [-0.39, 0.29) is 11.8 Å². The fraction of sp³-hybridized carbons (Fsp3) is 0.412. The zero-order valence-corrected chi connectivity index (χ0v) is 13.2. The number of para-hydroxylation sites is 1. The van der Waals surface area contributed by atoms with Crippen LogP contribution in [0.5, 0.6) is 0 Å². The second-order valence-electron chi connectivity index (χ2n) is 5.66. The van der Waals surface area contributed by atoms with Crippen LogP contribution in [-0.4, -0.2) is 60.7 Å². The predicted octanol–water partition coefficient (Wildman–Crippen LogP) is 1.36. The van der Waals surface area contributed by atoms with Crippen LogP contribution in [0.1, 0.15) is 22.1 Å². The first-order valence-electron chi connectivity index (χ1n) is 7.86. The molecule has 1 fully saturated rings. The van der Waals surface area contributed by atoms with Crippen molar-refractivity contribution in [3.8, 4) is 0 Å². The Morgan fingerprint density at radius 1 is 1.22 bits per heavy atom. The van der Waals surface area contributed by atoms with Gasteiger partial charge >= 0.3 is 0 Å². The highest BCUT2D eigenvalue weighted by Gasteiger charge is 2.16. The zero-order valence-electron chi connectivity index (χ0n) is 13.2. The van der Waals surface area contributed by atoms with E-state index in [0.29, 0.717) is 12.1 Å². The summed E-state index contributed by atoms with van der Waals surface area (Å²) in [7, 11) is 0. The minimum absolute atomic E-state index is 0.103. The minimum Gasteiger partial charge on any atom is -0.379 e. The summed E-state index contributed by atoms with van der Waals surface area (Å²) >= 11 is 0. The predicted molar refractivity (Wildman–Crippen MR) is 87.8 cm³/mol. The van der Waals surface area contributed by atoms with Crippen molar-refractivity contribution in [1.82, 2.24) is 14.8 Å². The van der Waals surface area contributed by atoms with Crippen molar-refractivity contribution >= 4 is 22.7 Å². The van der Waals surface area contributed by atoms with Crippen molar-refractivity contribution in [3.63, 3.8) is 0 Å². The standard InChI is InChI=1S/C17H21N3O3/c1-13(21)20-12-15(14-4-2-3-5-16(14)20)17(22)18-6-7-19-8-10-23-11-9-19/h2-5,12H,6-11H2,1H3,(H,18,22). The monoisotopic (exact) mass is 315 g/mol. The van der Waals surface area contributed by atoms with E-state index >= 15 is 0 Å². The van der Waals surface area contributed by atoms with Gasteiger partial charge < -0.3 is 10.1 Å². The normalized spacial score (nSPS) is 15.7. The fourth-order valence-corrected chi connectivity index (χ4v) is 2.87. The number of aromatic nitrogens is 1. The summed E-state index contributed by atoms with van der Waals surface area (Å²) in [5.74, 6) is -0.247. The Bertz CT molecular complexity index is 717. The Morgan fingerprint density at radius 2 is 1.96 bits per heavy atom. The lowest BCUT2D eigenvalue weighted by Gasteiger charge is -2.26. The van der Waals surface area contributed by atoms with E-state index in [1.165, 1.54) is 11.5 Å². The quantitative estimate of drug-likeness (QED) is 0.925. The lowest BCUT2D eigenvalue weighted by molar-refractivity contribution is 0.0383. The Kier molecular flexibility index (Phi) is 4.73.